The van der Waals surface area contributed by atoms with E-state index in [9.17, 15) is 0 Å². The molecule has 0 bridgehead atoms. The predicted octanol–water partition coefficient (Wildman–Crippen LogP) is 3.94. The van der Waals surface area contributed by atoms with Crippen LogP contribution in [0.25, 0.3) is 0 Å². The van der Waals surface area contributed by atoms with Gasteiger partial charge >= 0.3 is 0 Å². The fourth-order valence-electron chi connectivity index (χ4n) is 2.30. The lowest BCUT2D eigenvalue weighted by Crippen LogP contribution is -2.33. The third kappa shape index (κ3) is 3.51. The average molecular weight is 211 g/mol. The number of rotatable bonds is 7. The molecule has 0 spiro atoms. The van der Waals surface area contributed by atoms with Crippen LogP contribution in [0.4, 0.5) is 0 Å². The third-order valence-electron chi connectivity index (χ3n) is 3.03. The highest BCUT2D eigenvalue weighted by molar-refractivity contribution is 5.78. The van der Waals surface area contributed by atoms with Crippen molar-refractivity contribution in [3.05, 3.63) is 0 Å². The summed E-state index contributed by atoms with van der Waals surface area (Å²) < 4.78 is 6.08. The molecule has 0 saturated heterocycles. The van der Waals surface area contributed by atoms with Gasteiger partial charge in [0.15, 0.2) is 5.90 Å². The average Bonchev–Trinajstić information content (AvgIpc) is 2.60. The first kappa shape index (κ1) is 12.5. The molecule has 1 heterocycles. The van der Waals surface area contributed by atoms with Crippen molar-refractivity contribution >= 4 is 5.90 Å². The van der Waals surface area contributed by atoms with Crippen LogP contribution in [0, 0.1) is 0 Å². The molecule has 0 radical (unpaired) electrons. The van der Waals surface area contributed by atoms with Gasteiger partial charge < -0.3 is 4.74 Å². The monoisotopic (exact) mass is 211 g/mol. The molecule has 15 heavy (non-hydrogen) atoms. The number of unbranched alkanes of at least 4 members (excludes halogenated alkanes) is 1. The molecule has 1 rings (SSSR count). The summed E-state index contributed by atoms with van der Waals surface area (Å²) in [4.78, 5) is 4.56. The van der Waals surface area contributed by atoms with Crippen LogP contribution in [-0.4, -0.2) is 18.0 Å². The second-order valence-corrected chi connectivity index (χ2v) is 4.60. The molecule has 88 valence electrons. The molecule has 0 atom stereocenters. The highest BCUT2D eigenvalue weighted by Gasteiger charge is 2.35. The topological polar surface area (TPSA) is 21.6 Å². The van der Waals surface area contributed by atoms with Crippen molar-refractivity contribution in [2.24, 2.45) is 4.99 Å². The van der Waals surface area contributed by atoms with E-state index in [4.69, 9.17) is 4.74 Å². The number of aliphatic imine (C=N–C) groups is 1. The lowest BCUT2D eigenvalue weighted by Gasteiger charge is -2.27. The van der Waals surface area contributed by atoms with E-state index in [1.165, 1.54) is 25.7 Å². The number of hydrogen-bond acceptors (Lipinski definition) is 2. The summed E-state index contributed by atoms with van der Waals surface area (Å²) in [6, 6.07) is 0. The lowest BCUT2D eigenvalue weighted by atomic mass is 9.93. The Hall–Kier alpha value is -0.530. The van der Waals surface area contributed by atoms with Crippen LogP contribution >= 0.6 is 0 Å². The minimum absolute atomic E-state index is 0.0621. The molecule has 0 N–H and O–H groups in total. The fourth-order valence-corrected chi connectivity index (χ4v) is 2.30. The highest BCUT2D eigenvalue weighted by atomic mass is 16.5. The second kappa shape index (κ2) is 6.14. The van der Waals surface area contributed by atoms with Crippen LogP contribution in [0.2, 0.25) is 0 Å². The highest BCUT2D eigenvalue weighted by Crippen LogP contribution is 2.30. The van der Waals surface area contributed by atoms with E-state index in [0.29, 0.717) is 0 Å². The molecule has 0 amide bonds. The van der Waals surface area contributed by atoms with Crippen LogP contribution in [0.15, 0.2) is 4.99 Å². The summed E-state index contributed by atoms with van der Waals surface area (Å²) in [7, 11) is 0. The minimum Gasteiger partial charge on any atom is -0.473 e. The van der Waals surface area contributed by atoms with Gasteiger partial charge in [-0.05, 0) is 19.3 Å². The summed E-state index contributed by atoms with van der Waals surface area (Å²) >= 11 is 0. The Morgan fingerprint density at radius 2 is 1.80 bits per heavy atom. The molecule has 0 unspecified atom stereocenters. The molecular formula is C13H25NO. The lowest BCUT2D eigenvalue weighted by molar-refractivity contribution is 0.0635. The van der Waals surface area contributed by atoms with Gasteiger partial charge in [-0.25, -0.2) is 0 Å². The maximum atomic E-state index is 6.08. The summed E-state index contributed by atoms with van der Waals surface area (Å²) in [5.74, 6) is 1.01. The van der Waals surface area contributed by atoms with E-state index >= 15 is 0 Å². The number of ether oxygens (including phenoxy) is 1. The van der Waals surface area contributed by atoms with Crippen molar-refractivity contribution in [2.75, 3.05) is 6.54 Å². The summed E-state index contributed by atoms with van der Waals surface area (Å²) in [6.45, 7) is 7.56. The Balaban J connectivity index is 2.44. The Bertz CT molecular complexity index is 205. The predicted molar refractivity (Wildman–Crippen MR) is 65.5 cm³/mol. The Labute approximate surface area is 94.1 Å². The zero-order chi connectivity index (χ0) is 11.1. The number of nitrogens with zero attached hydrogens (tertiary/aromatic N) is 1. The van der Waals surface area contributed by atoms with Crippen molar-refractivity contribution in [1.82, 2.24) is 0 Å². The van der Waals surface area contributed by atoms with Crippen molar-refractivity contribution in [3.63, 3.8) is 0 Å². The normalized spacial score (nSPS) is 18.7. The van der Waals surface area contributed by atoms with Gasteiger partial charge in [-0.15, -0.1) is 0 Å². The van der Waals surface area contributed by atoms with Crippen molar-refractivity contribution in [3.8, 4) is 0 Å². The Morgan fingerprint density at radius 3 is 2.33 bits per heavy atom. The van der Waals surface area contributed by atoms with E-state index in [1.807, 2.05) is 0 Å². The molecule has 1 aliphatic rings. The van der Waals surface area contributed by atoms with E-state index in [0.717, 1.165) is 31.7 Å². The molecule has 0 saturated carbocycles. The van der Waals surface area contributed by atoms with Gasteiger partial charge in [-0.3, -0.25) is 4.99 Å². The SMILES string of the molecule is CCCCC1=NCC(CCC)(CCC)O1. The first-order valence-corrected chi connectivity index (χ1v) is 6.48. The molecule has 0 aromatic rings. The van der Waals surface area contributed by atoms with Gasteiger partial charge in [-0.1, -0.05) is 40.0 Å². The molecular weight excluding hydrogens is 186 g/mol. The zero-order valence-corrected chi connectivity index (χ0v) is 10.5. The molecule has 1 aliphatic heterocycles. The van der Waals surface area contributed by atoms with E-state index in [-0.39, 0.29) is 5.60 Å². The largest absolute Gasteiger partial charge is 0.473 e. The molecule has 2 heteroatoms. The molecule has 2 nitrogen and oxygen atoms in total. The fraction of sp³-hybridized carbons (Fsp3) is 0.923. The summed E-state index contributed by atoms with van der Waals surface area (Å²) in [5.41, 5.74) is 0.0621. The van der Waals surface area contributed by atoms with Crippen LogP contribution in [0.3, 0.4) is 0 Å². The zero-order valence-electron chi connectivity index (χ0n) is 10.5. The molecule has 0 aromatic carbocycles. The quantitative estimate of drug-likeness (QED) is 0.625. The van der Waals surface area contributed by atoms with Crippen molar-refractivity contribution < 1.29 is 4.74 Å². The van der Waals surface area contributed by atoms with Crippen molar-refractivity contribution in [2.45, 2.75) is 71.3 Å². The van der Waals surface area contributed by atoms with Gasteiger partial charge in [0, 0.05) is 6.42 Å². The first-order chi connectivity index (χ1) is 7.26. The maximum Gasteiger partial charge on any atom is 0.184 e. The molecule has 0 fully saturated rings. The van der Waals surface area contributed by atoms with E-state index in [1.54, 1.807) is 0 Å². The summed E-state index contributed by atoms with van der Waals surface area (Å²) in [5, 5.41) is 0. The van der Waals surface area contributed by atoms with Gasteiger partial charge in [0.1, 0.15) is 5.60 Å². The maximum absolute atomic E-state index is 6.08. The smallest absolute Gasteiger partial charge is 0.184 e. The van der Waals surface area contributed by atoms with E-state index in [2.05, 4.69) is 25.8 Å². The second-order valence-electron chi connectivity index (χ2n) is 4.60. The Morgan fingerprint density at radius 1 is 1.13 bits per heavy atom. The van der Waals surface area contributed by atoms with Crippen LogP contribution in [0.1, 0.15) is 65.7 Å². The molecule has 0 aromatic heterocycles. The summed E-state index contributed by atoms with van der Waals surface area (Å²) in [6.07, 6.45) is 8.14. The molecule has 0 aliphatic carbocycles. The van der Waals surface area contributed by atoms with Crippen LogP contribution < -0.4 is 0 Å². The van der Waals surface area contributed by atoms with Gasteiger partial charge in [-0.2, -0.15) is 0 Å². The minimum atomic E-state index is 0.0621. The van der Waals surface area contributed by atoms with Gasteiger partial charge in [0.25, 0.3) is 0 Å². The van der Waals surface area contributed by atoms with Gasteiger partial charge in [0.05, 0.1) is 6.54 Å². The third-order valence-corrected chi connectivity index (χ3v) is 3.03. The number of hydrogen-bond donors (Lipinski definition) is 0. The van der Waals surface area contributed by atoms with E-state index < -0.39 is 0 Å². The Kier molecular flexibility index (Phi) is 5.13. The van der Waals surface area contributed by atoms with Crippen LogP contribution in [-0.2, 0) is 4.74 Å². The van der Waals surface area contributed by atoms with Gasteiger partial charge in [0.2, 0.25) is 0 Å². The standard InChI is InChI=1S/C13H25NO/c1-4-7-8-12-14-11-13(15-12,9-5-2)10-6-3/h4-11H2,1-3H3. The van der Waals surface area contributed by atoms with Crippen LogP contribution in [0.5, 0.6) is 0 Å². The first-order valence-electron chi connectivity index (χ1n) is 6.48. The van der Waals surface area contributed by atoms with Crippen molar-refractivity contribution in [1.29, 1.82) is 0 Å².